The Morgan fingerprint density at radius 3 is 2.62 bits per heavy atom. The van der Waals surface area contributed by atoms with Crippen molar-refractivity contribution < 1.29 is 19.5 Å². The van der Waals surface area contributed by atoms with E-state index in [1.807, 2.05) is 0 Å². The minimum absolute atomic E-state index is 0.210. The largest absolute Gasteiger partial charge is 0.480 e. The molecule has 0 saturated heterocycles. The minimum atomic E-state index is -1.05. The van der Waals surface area contributed by atoms with Gasteiger partial charge in [0.2, 0.25) is 5.91 Å². The first kappa shape index (κ1) is 14.3. The van der Waals surface area contributed by atoms with Crippen LogP contribution in [0, 0.1) is 0 Å². The molecule has 108 valence electrons. The van der Waals surface area contributed by atoms with Crippen molar-refractivity contribution in [2.24, 2.45) is 5.73 Å². The standard InChI is InChI=1S/C14H13N3O4/c15-13(20)9-3-1-4-10(7-9)16-14(21)11-5-2-6-17(11)8-12(18)19/h1-7H,8H2,(H2,15,20)(H,16,21)(H,18,19). The number of primary amides is 1. The van der Waals surface area contributed by atoms with Gasteiger partial charge in [-0.05, 0) is 30.3 Å². The third kappa shape index (κ3) is 3.47. The fraction of sp³-hybridized carbons (Fsp3) is 0.0714. The molecule has 0 bridgehead atoms. The topological polar surface area (TPSA) is 114 Å². The fourth-order valence-corrected chi connectivity index (χ4v) is 1.85. The average Bonchev–Trinajstić information content (AvgIpc) is 2.86. The highest BCUT2D eigenvalue weighted by atomic mass is 16.4. The monoisotopic (exact) mass is 287 g/mol. The van der Waals surface area contributed by atoms with Gasteiger partial charge in [0.05, 0.1) is 0 Å². The lowest BCUT2D eigenvalue weighted by Crippen LogP contribution is -2.19. The number of hydrogen-bond donors (Lipinski definition) is 3. The average molecular weight is 287 g/mol. The number of amides is 2. The molecule has 0 atom stereocenters. The van der Waals surface area contributed by atoms with Crippen LogP contribution < -0.4 is 11.1 Å². The van der Waals surface area contributed by atoms with Crippen molar-refractivity contribution in [3.05, 3.63) is 53.9 Å². The van der Waals surface area contributed by atoms with E-state index < -0.39 is 17.8 Å². The lowest BCUT2D eigenvalue weighted by Gasteiger charge is -2.08. The molecule has 1 heterocycles. The van der Waals surface area contributed by atoms with Gasteiger partial charge in [-0.2, -0.15) is 0 Å². The van der Waals surface area contributed by atoms with E-state index in [9.17, 15) is 14.4 Å². The Morgan fingerprint density at radius 2 is 1.95 bits per heavy atom. The van der Waals surface area contributed by atoms with E-state index >= 15 is 0 Å². The molecule has 1 aromatic heterocycles. The number of carbonyl (C=O) groups is 3. The van der Waals surface area contributed by atoms with Gasteiger partial charge in [0, 0.05) is 17.4 Å². The third-order valence-corrected chi connectivity index (χ3v) is 2.77. The molecule has 0 aliphatic rings. The maximum atomic E-state index is 12.1. The molecule has 4 N–H and O–H groups in total. The van der Waals surface area contributed by atoms with Gasteiger partial charge in [0.25, 0.3) is 5.91 Å². The summed E-state index contributed by atoms with van der Waals surface area (Å²) in [6, 6.07) is 9.27. The molecule has 0 unspecified atom stereocenters. The highest BCUT2D eigenvalue weighted by molar-refractivity contribution is 6.04. The van der Waals surface area contributed by atoms with Gasteiger partial charge in [-0.25, -0.2) is 0 Å². The number of nitrogens with zero attached hydrogens (tertiary/aromatic N) is 1. The summed E-state index contributed by atoms with van der Waals surface area (Å²) >= 11 is 0. The van der Waals surface area contributed by atoms with E-state index in [0.29, 0.717) is 5.69 Å². The minimum Gasteiger partial charge on any atom is -0.480 e. The van der Waals surface area contributed by atoms with Gasteiger partial charge >= 0.3 is 5.97 Å². The molecule has 2 rings (SSSR count). The number of anilines is 1. The summed E-state index contributed by atoms with van der Waals surface area (Å²) in [4.78, 5) is 33.9. The summed E-state index contributed by atoms with van der Waals surface area (Å²) < 4.78 is 1.32. The Balaban J connectivity index is 2.18. The lowest BCUT2D eigenvalue weighted by molar-refractivity contribution is -0.137. The Labute approximate surface area is 120 Å². The van der Waals surface area contributed by atoms with Crippen molar-refractivity contribution in [3.8, 4) is 0 Å². The number of hydrogen-bond acceptors (Lipinski definition) is 3. The van der Waals surface area contributed by atoms with Crippen LogP contribution in [0.4, 0.5) is 5.69 Å². The first-order valence-electron chi connectivity index (χ1n) is 6.05. The van der Waals surface area contributed by atoms with E-state index in [1.54, 1.807) is 18.2 Å². The van der Waals surface area contributed by atoms with E-state index in [-0.39, 0.29) is 17.8 Å². The van der Waals surface area contributed by atoms with Crippen molar-refractivity contribution in [1.82, 2.24) is 4.57 Å². The quantitative estimate of drug-likeness (QED) is 0.758. The number of carbonyl (C=O) groups excluding carboxylic acids is 2. The number of aliphatic carboxylic acids is 1. The van der Waals surface area contributed by atoms with Crippen molar-refractivity contribution in [2.45, 2.75) is 6.54 Å². The molecular weight excluding hydrogens is 274 g/mol. The third-order valence-electron chi connectivity index (χ3n) is 2.77. The van der Waals surface area contributed by atoms with Crippen molar-refractivity contribution in [3.63, 3.8) is 0 Å². The predicted molar refractivity (Wildman–Crippen MR) is 75.0 cm³/mol. The van der Waals surface area contributed by atoms with E-state index in [2.05, 4.69) is 5.32 Å². The number of nitrogens with two attached hydrogens (primary N) is 1. The number of benzene rings is 1. The van der Waals surface area contributed by atoms with Crippen LogP contribution in [-0.4, -0.2) is 27.5 Å². The highest BCUT2D eigenvalue weighted by Gasteiger charge is 2.13. The first-order valence-corrected chi connectivity index (χ1v) is 6.05. The van der Waals surface area contributed by atoms with E-state index in [4.69, 9.17) is 10.8 Å². The van der Waals surface area contributed by atoms with Gasteiger partial charge in [-0.15, -0.1) is 0 Å². The van der Waals surface area contributed by atoms with Crippen LogP contribution in [0.15, 0.2) is 42.6 Å². The summed E-state index contributed by atoms with van der Waals surface area (Å²) in [5, 5.41) is 11.4. The van der Waals surface area contributed by atoms with Gasteiger partial charge in [-0.1, -0.05) is 6.07 Å². The zero-order valence-corrected chi connectivity index (χ0v) is 10.9. The maximum Gasteiger partial charge on any atom is 0.323 e. The molecule has 2 amide bonds. The first-order chi connectivity index (χ1) is 9.97. The number of carboxylic acids is 1. The molecule has 2 aromatic rings. The van der Waals surface area contributed by atoms with Crippen LogP contribution in [0.2, 0.25) is 0 Å². The maximum absolute atomic E-state index is 12.1. The Bertz CT molecular complexity index is 706. The number of carboxylic acid groups (broad SMARTS) is 1. The fourth-order valence-electron chi connectivity index (χ4n) is 1.85. The molecule has 7 nitrogen and oxygen atoms in total. The molecule has 0 radical (unpaired) electrons. The molecule has 21 heavy (non-hydrogen) atoms. The summed E-state index contributed by atoms with van der Waals surface area (Å²) in [5.74, 6) is -2.11. The van der Waals surface area contributed by atoms with Crippen molar-refractivity contribution >= 4 is 23.5 Å². The molecule has 0 aliphatic heterocycles. The summed E-state index contributed by atoms with van der Waals surface area (Å²) in [6.07, 6.45) is 1.50. The van der Waals surface area contributed by atoms with Crippen LogP contribution in [-0.2, 0) is 11.3 Å². The molecule has 0 saturated carbocycles. The number of nitrogens with one attached hydrogen (secondary N) is 1. The molecule has 0 fully saturated rings. The van der Waals surface area contributed by atoms with Crippen LogP contribution in [0.1, 0.15) is 20.8 Å². The molecular formula is C14H13N3O4. The number of aromatic nitrogens is 1. The highest BCUT2D eigenvalue weighted by Crippen LogP contribution is 2.12. The predicted octanol–water partition coefficient (Wildman–Crippen LogP) is 0.924. The summed E-state index contributed by atoms with van der Waals surface area (Å²) in [7, 11) is 0. The van der Waals surface area contributed by atoms with Crippen LogP contribution in [0.3, 0.4) is 0 Å². The second-order valence-corrected chi connectivity index (χ2v) is 4.31. The second-order valence-electron chi connectivity index (χ2n) is 4.31. The van der Waals surface area contributed by atoms with Crippen molar-refractivity contribution in [1.29, 1.82) is 0 Å². The second kappa shape index (κ2) is 5.91. The molecule has 0 spiro atoms. The zero-order valence-electron chi connectivity index (χ0n) is 10.9. The van der Waals surface area contributed by atoms with Crippen LogP contribution in [0.25, 0.3) is 0 Å². The van der Waals surface area contributed by atoms with E-state index in [1.165, 1.54) is 29.0 Å². The van der Waals surface area contributed by atoms with Gasteiger partial charge < -0.3 is 20.7 Å². The normalized spacial score (nSPS) is 10.1. The van der Waals surface area contributed by atoms with Crippen LogP contribution in [0.5, 0.6) is 0 Å². The Hall–Kier alpha value is -3.09. The van der Waals surface area contributed by atoms with Crippen LogP contribution >= 0.6 is 0 Å². The smallest absolute Gasteiger partial charge is 0.323 e. The van der Waals surface area contributed by atoms with Gasteiger partial charge in [0.15, 0.2) is 0 Å². The number of rotatable bonds is 5. The molecule has 0 aliphatic carbocycles. The Kier molecular flexibility index (Phi) is 4.03. The Morgan fingerprint density at radius 1 is 1.19 bits per heavy atom. The molecule has 7 heteroatoms. The summed E-state index contributed by atoms with van der Waals surface area (Å²) in [6.45, 7) is -0.308. The summed E-state index contributed by atoms with van der Waals surface area (Å²) in [5.41, 5.74) is 6.05. The van der Waals surface area contributed by atoms with E-state index in [0.717, 1.165) is 0 Å². The van der Waals surface area contributed by atoms with Crippen molar-refractivity contribution in [2.75, 3.05) is 5.32 Å². The lowest BCUT2D eigenvalue weighted by atomic mass is 10.2. The SMILES string of the molecule is NC(=O)c1cccc(NC(=O)c2cccn2CC(=O)O)c1. The van der Waals surface area contributed by atoms with Gasteiger partial charge in [0.1, 0.15) is 12.2 Å². The zero-order chi connectivity index (χ0) is 15.4. The molecule has 1 aromatic carbocycles. The van der Waals surface area contributed by atoms with Gasteiger partial charge in [-0.3, -0.25) is 14.4 Å².